The largest absolute Gasteiger partial charge is 1.00 e. The highest BCUT2D eigenvalue weighted by molar-refractivity contribution is 5.43. The van der Waals surface area contributed by atoms with E-state index >= 15 is 0 Å². The van der Waals surface area contributed by atoms with Crippen molar-refractivity contribution < 1.29 is 1.43 Å². The van der Waals surface area contributed by atoms with E-state index in [9.17, 15) is 0 Å². The van der Waals surface area contributed by atoms with Crippen LogP contribution in [0.4, 0.5) is 5.69 Å². The molecule has 0 aliphatic carbocycles. The summed E-state index contributed by atoms with van der Waals surface area (Å²) in [6.45, 7) is 0. The molecular formula is C8H11N+. The van der Waals surface area contributed by atoms with Crippen LogP contribution in [-0.2, 0) is 0 Å². The fraction of sp³-hybridized carbons (Fsp3) is 0.250. The molecule has 0 aliphatic heterocycles. The van der Waals surface area contributed by atoms with Crippen molar-refractivity contribution in [1.29, 1.82) is 0 Å². The minimum atomic E-state index is 0. The predicted octanol–water partition coefficient (Wildman–Crippen LogP) is 1.67. The SMILES string of the molecule is CN(C)c1cc[c]cc1.[H+]. The number of hydrogen-bond acceptors (Lipinski definition) is 1. The molecule has 0 bridgehead atoms. The fourth-order valence-corrected chi connectivity index (χ4v) is 0.676. The Morgan fingerprint density at radius 1 is 1.33 bits per heavy atom. The van der Waals surface area contributed by atoms with Crippen molar-refractivity contribution in [3.63, 3.8) is 0 Å². The quantitative estimate of drug-likeness (QED) is 0.546. The first kappa shape index (κ1) is 6.14. The van der Waals surface area contributed by atoms with E-state index in [-0.39, 0.29) is 1.43 Å². The van der Waals surface area contributed by atoms with Gasteiger partial charge in [-0.2, -0.15) is 0 Å². The van der Waals surface area contributed by atoms with Gasteiger partial charge in [0.2, 0.25) is 0 Å². The van der Waals surface area contributed by atoms with Gasteiger partial charge in [0.1, 0.15) is 0 Å². The third-order valence-electron chi connectivity index (χ3n) is 1.22. The van der Waals surface area contributed by atoms with Crippen molar-refractivity contribution in [2.24, 2.45) is 0 Å². The van der Waals surface area contributed by atoms with Crippen molar-refractivity contribution in [1.82, 2.24) is 0 Å². The van der Waals surface area contributed by atoms with E-state index < -0.39 is 0 Å². The first-order valence-corrected chi connectivity index (χ1v) is 2.94. The number of hydrogen-bond donors (Lipinski definition) is 0. The summed E-state index contributed by atoms with van der Waals surface area (Å²) >= 11 is 0. The second-order valence-corrected chi connectivity index (χ2v) is 2.15. The molecule has 0 saturated carbocycles. The lowest BCUT2D eigenvalue weighted by Crippen LogP contribution is -2.07. The van der Waals surface area contributed by atoms with Crippen molar-refractivity contribution in [2.45, 2.75) is 0 Å². The van der Waals surface area contributed by atoms with Gasteiger partial charge < -0.3 is 4.90 Å². The maximum atomic E-state index is 2.96. The molecule has 0 saturated heterocycles. The van der Waals surface area contributed by atoms with Gasteiger partial charge in [0.25, 0.3) is 0 Å². The Kier molecular flexibility index (Phi) is 1.73. The summed E-state index contributed by atoms with van der Waals surface area (Å²) < 4.78 is 0. The van der Waals surface area contributed by atoms with Gasteiger partial charge in [-0.05, 0) is 18.2 Å². The highest BCUT2D eigenvalue weighted by atomic mass is 15.1. The highest BCUT2D eigenvalue weighted by Gasteiger charge is 1.87. The molecule has 1 radical (unpaired) electrons. The molecule has 0 unspecified atom stereocenters. The summed E-state index contributed by atoms with van der Waals surface area (Å²) in [5.74, 6) is 0. The summed E-state index contributed by atoms with van der Waals surface area (Å²) in [4.78, 5) is 2.06. The molecular weight excluding hydrogens is 110 g/mol. The lowest BCUT2D eigenvalue weighted by molar-refractivity contribution is 1.13. The topological polar surface area (TPSA) is 3.24 Å². The van der Waals surface area contributed by atoms with Crippen LogP contribution in [0.5, 0.6) is 0 Å². The first-order chi connectivity index (χ1) is 4.30. The Bertz CT molecular complexity index is 172. The molecule has 1 nitrogen and oxygen atoms in total. The van der Waals surface area contributed by atoms with E-state index in [1.165, 1.54) is 5.69 Å². The monoisotopic (exact) mass is 121 g/mol. The summed E-state index contributed by atoms with van der Waals surface area (Å²) in [6.07, 6.45) is 0. The minimum Gasteiger partial charge on any atom is -0.378 e. The van der Waals surface area contributed by atoms with Crippen molar-refractivity contribution >= 4 is 5.69 Å². The van der Waals surface area contributed by atoms with E-state index in [2.05, 4.69) is 11.0 Å². The van der Waals surface area contributed by atoms with E-state index in [1.807, 2.05) is 38.4 Å². The summed E-state index contributed by atoms with van der Waals surface area (Å²) in [7, 11) is 4.05. The molecule has 0 aromatic heterocycles. The van der Waals surface area contributed by atoms with Gasteiger partial charge in [0.15, 0.2) is 0 Å². The van der Waals surface area contributed by atoms with Crippen LogP contribution in [0.1, 0.15) is 1.43 Å². The minimum absolute atomic E-state index is 0. The van der Waals surface area contributed by atoms with Crippen molar-refractivity contribution in [3.05, 3.63) is 30.3 Å². The highest BCUT2D eigenvalue weighted by Crippen LogP contribution is 2.06. The standard InChI is InChI=1S/C8H10N/c1-9(2)8-6-4-3-5-7-8/h4-7H,1-2H3/p+1. The second-order valence-electron chi connectivity index (χ2n) is 2.15. The molecule has 9 heavy (non-hydrogen) atoms. The third-order valence-corrected chi connectivity index (χ3v) is 1.22. The molecule has 0 amide bonds. The smallest absolute Gasteiger partial charge is 0.378 e. The van der Waals surface area contributed by atoms with Gasteiger partial charge in [-0.15, -0.1) is 0 Å². The zero-order valence-electron chi connectivity index (χ0n) is 6.76. The van der Waals surface area contributed by atoms with Crippen LogP contribution in [0, 0.1) is 6.07 Å². The molecule has 0 N–H and O–H groups in total. The average molecular weight is 121 g/mol. The Balaban J connectivity index is 0.000000810. The molecule has 0 heterocycles. The van der Waals surface area contributed by atoms with Crippen molar-refractivity contribution in [3.8, 4) is 0 Å². The first-order valence-electron chi connectivity index (χ1n) is 2.94. The van der Waals surface area contributed by atoms with Crippen LogP contribution in [0.15, 0.2) is 24.3 Å². The van der Waals surface area contributed by atoms with Crippen LogP contribution in [-0.4, -0.2) is 14.1 Å². The molecule has 0 aliphatic rings. The summed E-state index contributed by atoms with van der Waals surface area (Å²) in [5, 5.41) is 0. The van der Waals surface area contributed by atoms with Gasteiger partial charge in [-0.3, -0.25) is 0 Å². The Morgan fingerprint density at radius 2 is 1.89 bits per heavy atom. The lowest BCUT2D eigenvalue weighted by Gasteiger charge is -2.10. The predicted molar refractivity (Wildman–Crippen MR) is 40.7 cm³/mol. The molecule has 0 fully saturated rings. The van der Waals surface area contributed by atoms with Gasteiger partial charge in [0, 0.05) is 19.8 Å². The van der Waals surface area contributed by atoms with E-state index in [0.717, 1.165) is 0 Å². The summed E-state index contributed by atoms with van der Waals surface area (Å²) in [5.41, 5.74) is 1.22. The van der Waals surface area contributed by atoms with Crippen LogP contribution in [0.3, 0.4) is 0 Å². The number of anilines is 1. The second kappa shape index (κ2) is 2.53. The van der Waals surface area contributed by atoms with Crippen LogP contribution >= 0.6 is 0 Å². The van der Waals surface area contributed by atoms with E-state index in [4.69, 9.17) is 0 Å². The number of rotatable bonds is 1. The maximum Gasteiger partial charge on any atom is 1.00 e. The van der Waals surface area contributed by atoms with Gasteiger partial charge >= 0.3 is 1.43 Å². The Labute approximate surface area is 57.4 Å². The van der Waals surface area contributed by atoms with Crippen LogP contribution in [0.25, 0.3) is 0 Å². The molecule has 1 heteroatoms. The zero-order valence-corrected chi connectivity index (χ0v) is 5.76. The average Bonchev–Trinajstić information content (AvgIpc) is 1.90. The lowest BCUT2D eigenvalue weighted by atomic mass is 10.3. The molecule has 1 aromatic carbocycles. The Hall–Kier alpha value is -0.980. The fourth-order valence-electron chi connectivity index (χ4n) is 0.676. The van der Waals surface area contributed by atoms with Crippen LogP contribution < -0.4 is 4.90 Å². The number of benzene rings is 1. The molecule has 0 spiro atoms. The normalized spacial score (nSPS) is 9.11. The van der Waals surface area contributed by atoms with Gasteiger partial charge in [-0.25, -0.2) is 0 Å². The molecule has 47 valence electrons. The molecule has 1 rings (SSSR count). The van der Waals surface area contributed by atoms with Gasteiger partial charge in [-0.1, -0.05) is 12.1 Å². The zero-order chi connectivity index (χ0) is 6.69. The third kappa shape index (κ3) is 1.46. The molecule has 0 atom stereocenters. The van der Waals surface area contributed by atoms with Gasteiger partial charge in [0.05, 0.1) is 0 Å². The van der Waals surface area contributed by atoms with Crippen molar-refractivity contribution in [2.75, 3.05) is 19.0 Å². The van der Waals surface area contributed by atoms with E-state index in [1.54, 1.807) is 0 Å². The maximum absolute atomic E-state index is 2.96. The van der Waals surface area contributed by atoms with Crippen LogP contribution in [0.2, 0.25) is 0 Å². The van der Waals surface area contributed by atoms with E-state index in [0.29, 0.717) is 0 Å². The molecule has 1 aromatic rings. The summed E-state index contributed by atoms with van der Waals surface area (Å²) in [6, 6.07) is 10.8. The number of nitrogens with zero attached hydrogens (tertiary/aromatic N) is 1. The Morgan fingerprint density at radius 3 is 2.22 bits per heavy atom.